The molecule has 0 spiro atoms. The molecule has 0 aromatic carbocycles. The number of carbonyl (C=O) groups is 1. The van der Waals surface area contributed by atoms with E-state index in [1.54, 1.807) is 12.3 Å². The maximum atomic E-state index is 12.2. The van der Waals surface area contributed by atoms with E-state index in [2.05, 4.69) is 15.2 Å². The van der Waals surface area contributed by atoms with Crippen LogP contribution in [0.15, 0.2) is 18.5 Å². The van der Waals surface area contributed by atoms with Crippen LogP contribution in [0.1, 0.15) is 36.0 Å². The first-order valence-corrected chi connectivity index (χ1v) is 8.34. The van der Waals surface area contributed by atoms with Gasteiger partial charge in [0.15, 0.2) is 0 Å². The highest BCUT2D eigenvalue weighted by Gasteiger charge is 2.25. The molecule has 0 bridgehead atoms. The Morgan fingerprint density at radius 1 is 1.41 bits per heavy atom. The topological polar surface area (TPSA) is 54.5 Å². The minimum absolute atomic E-state index is 0.107. The molecule has 5 nitrogen and oxygen atoms in total. The van der Waals surface area contributed by atoms with Crippen LogP contribution in [0.5, 0.6) is 0 Å². The van der Waals surface area contributed by atoms with Crippen LogP contribution in [-0.4, -0.2) is 54.2 Å². The number of nitrogens with one attached hydrogen (secondary N) is 1. The van der Waals surface area contributed by atoms with Gasteiger partial charge in [-0.3, -0.25) is 9.78 Å². The van der Waals surface area contributed by atoms with Gasteiger partial charge < -0.3 is 15.0 Å². The molecular weight excluding hydrogens is 302 g/mol. The monoisotopic (exact) mass is 323 g/mol. The van der Waals surface area contributed by atoms with Crippen molar-refractivity contribution in [3.8, 4) is 0 Å². The molecule has 3 rings (SSSR count). The molecule has 1 amide bonds. The van der Waals surface area contributed by atoms with Gasteiger partial charge in [-0.05, 0) is 31.7 Å². The number of rotatable bonds is 4. The van der Waals surface area contributed by atoms with Crippen LogP contribution in [0.2, 0.25) is 5.02 Å². The number of hydrogen-bond donors (Lipinski definition) is 1. The van der Waals surface area contributed by atoms with Crippen molar-refractivity contribution in [3.05, 3.63) is 29.0 Å². The molecule has 22 heavy (non-hydrogen) atoms. The number of piperidine rings is 1. The number of likely N-dealkylation sites (tertiary alicyclic amines) is 1. The van der Waals surface area contributed by atoms with Gasteiger partial charge in [-0.25, -0.2) is 0 Å². The summed E-state index contributed by atoms with van der Waals surface area (Å²) in [6.45, 7) is 3.95. The summed E-state index contributed by atoms with van der Waals surface area (Å²) in [5.74, 6) is -0.107. The molecule has 2 saturated heterocycles. The van der Waals surface area contributed by atoms with Crippen LogP contribution in [0.4, 0.5) is 0 Å². The average molecular weight is 324 g/mol. The molecule has 6 heteroatoms. The zero-order valence-electron chi connectivity index (χ0n) is 12.6. The number of aromatic nitrogens is 1. The van der Waals surface area contributed by atoms with Crippen molar-refractivity contribution in [3.63, 3.8) is 0 Å². The van der Waals surface area contributed by atoms with Crippen LogP contribution < -0.4 is 5.32 Å². The SMILES string of the molecule is O=C(NC1CCN(C[C@H]2CCCO2)CC1)c1ccncc1Cl. The molecule has 1 N–H and O–H groups in total. The van der Waals surface area contributed by atoms with Crippen molar-refractivity contribution >= 4 is 17.5 Å². The molecule has 0 radical (unpaired) electrons. The van der Waals surface area contributed by atoms with E-state index in [-0.39, 0.29) is 11.9 Å². The summed E-state index contributed by atoms with van der Waals surface area (Å²) < 4.78 is 5.69. The molecule has 0 saturated carbocycles. The van der Waals surface area contributed by atoms with E-state index in [1.165, 1.54) is 19.0 Å². The summed E-state index contributed by atoms with van der Waals surface area (Å²) in [6.07, 6.45) is 7.80. The average Bonchev–Trinajstić information content (AvgIpc) is 3.02. The first kappa shape index (κ1) is 15.7. The Balaban J connectivity index is 1.45. The van der Waals surface area contributed by atoms with Crippen molar-refractivity contribution < 1.29 is 9.53 Å². The van der Waals surface area contributed by atoms with E-state index >= 15 is 0 Å². The van der Waals surface area contributed by atoms with Crippen LogP contribution in [0.3, 0.4) is 0 Å². The van der Waals surface area contributed by atoms with Crippen LogP contribution in [0, 0.1) is 0 Å². The molecular formula is C16H22ClN3O2. The van der Waals surface area contributed by atoms with Crippen LogP contribution in [-0.2, 0) is 4.74 Å². The van der Waals surface area contributed by atoms with E-state index in [0.717, 1.165) is 39.1 Å². The number of halogens is 1. The minimum Gasteiger partial charge on any atom is -0.377 e. The molecule has 2 aliphatic heterocycles. The Hall–Kier alpha value is -1.17. The van der Waals surface area contributed by atoms with Gasteiger partial charge in [0.1, 0.15) is 0 Å². The Kier molecular flexibility index (Phi) is 5.28. The lowest BCUT2D eigenvalue weighted by Gasteiger charge is -2.33. The fraction of sp³-hybridized carbons (Fsp3) is 0.625. The first-order chi connectivity index (χ1) is 10.7. The fourth-order valence-electron chi connectivity index (χ4n) is 3.16. The maximum Gasteiger partial charge on any atom is 0.253 e. The van der Waals surface area contributed by atoms with E-state index in [0.29, 0.717) is 16.7 Å². The normalized spacial score (nSPS) is 23.6. The molecule has 0 aliphatic carbocycles. The predicted molar refractivity (Wildman–Crippen MR) is 85.1 cm³/mol. The second-order valence-corrected chi connectivity index (χ2v) is 6.45. The standard InChI is InChI=1S/C16H22ClN3O2/c17-15-10-18-6-3-14(15)16(21)19-12-4-7-20(8-5-12)11-13-2-1-9-22-13/h3,6,10,12-13H,1-2,4-5,7-9,11H2,(H,19,21)/t13-/m1/s1. The number of pyridine rings is 1. The maximum absolute atomic E-state index is 12.2. The third kappa shape index (κ3) is 3.97. The Morgan fingerprint density at radius 3 is 2.91 bits per heavy atom. The van der Waals surface area contributed by atoms with E-state index in [4.69, 9.17) is 16.3 Å². The summed E-state index contributed by atoms with van der Waals surface area (Å²) >= 11 is 6.01. The minimum atomic E-state index is -0.107. The van der Waals surface area contributed by atoms with Crippen molar-refractivity contribution in [2.45, 2.75) is 37.8 Å². The number of carbonyl (C=O) groups excluding carboxylic acids is 1. The number of amides is 1. The third-order valence-corrected chi connectivity index (χ3v) is 4.73. The van der Waals surface area contributed by atoms with Gasteiger partial charge in [-0.15, -0.1) is 0 Å². The summed E-state index contributed by atoms with van der Waals surface area (Å²) in [4.78, 5) is 18.6. The molecule has 1 atom stereocenters. The predicted octanol–water partition coefficient (Wildman–Crippen LogP) is 2.11. The smallest absolute Gasteiger partial charge is 0.253 e. The summed E-state index contributed by atoms with van der Waals surface area (Å²) in [5, 5.41) is 3.48. The quantitative estimate of drug-likeness (QED) is 0.922. The Morgan fingerprint density at radius 2 is 2.23 bits per heavy atom. The highest BCUT2D eigenvalue weighted by atomic mass is 35.5. The fourth-order valence-corrected chi connectivity index (χ4v) is 3.36. The highest BCUT2D eigenvalue weighted by molar-refractivity contribution is 6.33. The first-order valence-electron chi connectivity index (χ1n) is 7.96. The third-order valence-electron chi connectivity index (χ3n) is 4.43. The second kappa shape index (κ2) is 7.40. The van der Waals surface area contributed by atoms with Crippen molar-refractivity contribution in [2.75, 3.05) is 26.2 Å². The number of nitrogens with zero attached hydrogens (tertiary/aromatic N) is 2. The summed E-state index contributed by atoms with van der Waals surface area (Å²) in [7, 11) is 0. The molecule has 3 heterocycles. The lowest BCUT2D eigenvalue weighted by atomic mass is 10.0. The van der Waals surface area contributed by atoms with E-state index < -0.39 is 0 Å². The molecule has 120 valence electrons. The van der Waals surface area contributed by atoms with E-state index in [1.807, 2.05) is 0 Å². The Bertz CT molecular complexity index is 512. The molecule has 2 aliphatic rings. The van der Waals surface area contributed by atoms with Gasteiger partial charge >= 0.3 is 0 Å². The van der Waals surface area contributed by atoms with Gasteiger partial charge in [0, 0.05) is 44.7 Å². The van der Waals surface area contributed by atoms with Crippen molar-refractivity contribution in [1.82, 2.24) is 15.2 Å². The van der Waals surface area contributed by atoms with Crippen LogP contribution in [0.25, 0.3) is 0 Å². The Labute approximate surface area is 136 Å². The lowest BCUT2D eigenvalue weighted by Crippen LogP contribution is -2.46. The summed E-state index contributed by atoms with van der Waals surface area (Å²) in [5.41, 5.74) is 0.499. The molecule has 1 aromatic heterocycles. The van der Waals surface area contributed by atoms with Crippen LogP contribution >= 0.6 is 11.6 Å². The van der Waals surface area contributed by atoms with Gasteiger partial charge in [-0.1, -0.05) is 11.6 Å². The zero-order valence-corrected chi connectivity index (χ0v) is 13.4. The van der Waals surface area contributed by atoms with Gasteiger partial charge in [0.05, 0.1) is 16.7 Å². The van der Waals surface area contributed by atoms with Gasteiger partial charge in [-0.2, -0.15) is 0 Å². The van der Waals surface area contributed by atoms with E-state index in [9.17, 15) is 4.79 Å². The molecule has 1 aromatic rings. The molecule has 2 fully saturated rings. The second-order valence-electron chi connectivity index (χ2n) is 6.04. The zero-order chi connectivity index (χ0) is 15.4. The number of ether oxygens (including phenoxy) is 1. The van der Waals surface area contributed by atoms with Gasteiger partial charge in [0.25, 0.3) is 5.91 Å². The lowest BCUT2D eigenvalue weighted by molar-refractivity contribution is 0.0613. The summed E-state index contributed by atoms with van der Waals surface area (Å²) in [6, 6.07) is 1.88. The number of hydrogen-bond acceptors (Lipinski definition) is 4. The largest absolute Gasteiger partial charge is 0.377 e. The van der Waals surface area contributed by atoms with Crippen molar-refractivity contribution in [2.24, 2.45) is 0 Å². The van der Waals surface area contributed by atoms with Crippen molar-refractivity contribution in [1.29, 1.82) is 0 Å². The molecule has 0 unspecified atom stereocenters. The van der Waals surface area contributed by atoms with Gasteiger partial charge in [0.2, 0.25) is 0 Å². The highest BCUT2D eigenvalue weighted by Crippen LogP contribution is 2.18.